The Morgan fingerprint density at radius 2 is 1.55 bits per heavy atom. The quantitative estimate of drug-likeness (QED) is 0.247. The molecule has 5 nitrogen and oxygen atoms in total. The van der Waals surface area contributed by atoms with Crippen molar-refractivity contribution >= 4 is 11.8 Å². The molecule has 0 saturated heterocycles. The lowest BCUT2D eigenvalue weighted by molar-refractivity contribution is 0.0935. The first-order valence-corrected chi connectivity index (χ1v) is 13.1. The smallest absolute Gasteiger partial charge is 0.251 e. The predicted molar refractivity (Wildman–Crippen MR) is 152 cm³/mol. The third-order valence-corrected chi connectivity index (χ3v) is 6.30. The second-order valence-corrected chi connectivity index (χ2v) is 9.48. The maximum absolute atomic E-state index is 12.8. The Bertz CT molecular complexity index is 1320. The Morgan fingerprint density at radius 3 is 2.34 bits per heavy atom. The van der Waals surface area contributed by atoms with Gasteiger partial charge in [-0.15, -0.1) is 0 Å². The van der Waals surface area contributed by atoms with E-state index in [4.69, 9.17) is 0 Å². The van der Waals surface area contributed by atoms with Crippen LogP contribution in [0.5, 0.6) is 0 Å². The number of benzene rings is 3. The van der Waals surface area contributed by atoms with Crippen molar-refractivity contribution in [2.24, 2.45) is 0 Å². The monoisotopic (exact) mass is 504 g/mol. The van der Waals surface area contributed by atoms with E-state index < -0.39 is 0 Å². The molecular weight excluding hydrogens is 470 g/mol. The number of carbonyl (C=O) groups excluding carboxylic acids is 2. The van der Waals surface area contributed by atoms with Crippen LogP contribution in [0, 0.1) is 6.42 Å². The minimum absolute atomic E-state index is 0.0279. The lowest BCUT2D eigenvalue weighted by Gasteiger charge is -2.14. The van der Waals surface area contributed by atoms with E-state index in [9.17, 15) is 9.59 Å². The highest BCUT2D eigenvalue weighted by Gasteiger charge is 2.12. The van der Waals surface area contributed by atoms with Gasteiger partial charge < -0.3 is 10.6 Å². The minimum atomic E-state index is -0.0961. The van der Waals surface area contributed by atoms with Gasteiger partial charge in [0.05, 0.1) is 0 Å². The Hall–Kier alpha value is -4.25. The van der Waals surface area contributed by atoms with E-state index in [1.54, 1.807) is 6.20 Å². The van der Waals surface area contributed by atoms with Gasteiger partial charge in [-0.1, -0.05) is 60.7 Å². The third kappa shape index (κ3) is 8.41. The van der Waals surface area contributed by atoms with Gasteiger partial charge in [-0.2, -0.15) is 0 Å². The van der Waals surface area contributed by atoms with Crippen LogP contribution in [0.1, 0.15) is 56.4 Å². The van der Waals surface area contributed by atoms with E-state index in [2.05, 4.69) is 34.2 Å². The van der Waals surface area contributed by atoms with Gasteiger partial charge >= 0.3 is 0 Å². The highest BCUT2D eigenvalue weighted by atomic mass is 16.2. The summed E-state index contributed by atoms with van der Waals surface area (Å²) in [7, 11) is 0. The van der Waals surface area contributed by atoms with Crippen molar-refractivity contribution in [3.63, 3.8) is 0 Å². The molecule has 38 heavy (non-hydrogen) atoms. The fraction of sp³-hybridized carbons (Fsp3) is 0.212. The third-order valence-electron chi connectivity index (χ3n) is 6.30. The number of hydrogen-bond donors (Lipinski definition) is 2. The Labute approximate surface area is 225 Å². The minimum Gasteiger partial charge on any atom is -0.352 e. The molecule has 193 valence electrons. The van der Waals surface area contributed by atoms with Crippen LogP contribution >= 0.6 is 0 Å². The molecule has 0 fully saturated rings. The Morgan fingerprint density at radius 1 is 0.816 bits per heavy atom. The number of aromatic nitrogens is 1. The summed E-state index contributed by atoms with van der Waals surface area (Å²) in [4.78, 5) is 29.8. The fourth-order valence-electron chi connectivity index (χ4n) is 4.31. The van der Waals surface area contributed by atoms with Gasteiger partial charge in [0.2, 0.25) is 0 Å². The molecule has 0 spiro atoms. The number of aryl methyl sites for hydroxylation is 1. The number of hydrogen-bond acceptors (Lipinski definition) is 3. The van der Waals surface area contributed by atoms with Crippen molar-refractivity contribution in [3.8, 4) is 0 Å². The van der Waals surface area contributed by atoms with Gasteiger partial charge in [-0.3, -0.25) is 14.6 Å². The largest absolute Gasteiger partial charge is 0.352 e. The first kappa shape index (κ1) is 26.8. The van der Waals surface area contributed by atoms with Crippen molar-refractivity contribution in [3.05, 3.63) is 143 Å². The van der Waals surface area contributed by atoms with Crippen LogP contribution in [0.2, 0.25) is 0 Å². The number of carbonyl (C=O) groups is 2. The second kappa shape index (κ2) is 13.9. The van der Waals surface area contributed by atoms with Gasteiger partial charge in [0.15, 0.2) is 0 Å². The molecule has 3 aromatic carbocycles. The Balaban J connectivity index is 1.25. The van der Waals surface area contributed by atoms with E-state index in [0.717, 1.165) is 29.7 Å². The summed E-state index contributed by atoms with van der Waals surface area (Å²) in [5, 5.41) is 6.08. The molecule has 0 aliphatic carbocycles. The molecule has 1 radical (unpaired) electrons. The predicted octanol–water partition coefficient (Wildman–Crippen LogP) is 5.60. The van der Waals surface area contributed by atoms with Gasteiger partial charge in [-0.05, 0) is 85.7 Å². The number of pyridine rings is 1. The van der Waals surface area contributed by atoms with Crippen LogP contribution in [-0.2, 0) is 19.3 Å². The normalized spacial score (nSPS) is 11.5. The van der Waals surface area contributed by atoms with Crippen molar-refractivity contribution in [2.75, 3.05) is 6.54 Å². The van der Waals surface area contributed by atoms with Crippen LogP contribution in [0.25, 0.3) is 0 Å². The van der Waals surface area contributed by atoms with Gasteiger partial charge in [0.1, 0.15) is 0 Å². The summed E-state index contributed by atoms with van der Waals surface area (Å²) < 4.78 is 0. The van der Waals surface area contributed by atoms with Crippen molar-refractivity contribution in [1.82, 2.24) is 15.6 Å². The van der Waals surface area contributed by atoms with E-state index >= 15 is 0 Å². The average Bonchev–Trinajstić information content (AvgIpc) is 2.95. The molecule has 0 aliphatic heterocycles. The first-order chi connectivity index (χ1) is 18.6. The molecule has 1 aromatic heterocycles. The number of rotatable bonds is 12. The maximum Gasteiger partial charge on any atom is 0.251 e. The van der Waals surface area contributed by atoms with Gasteiger partial charge in [-0.25, -0.2) is 0 Å². The number of nitrogens with zero attached hydrogens (tertiary/aromatic N) is 1. The summed E-state index contributed by atoms with van der Waals surface area (Å²) in [6.07, 6.45) is 7.01. The van der Waals surface area contributed by atoms with E-state index in [1.165, 1.54) is 5.56 Å². The zero-order chi connectivity index (χ0) is 26.6. The number of nitrogens with one attached hydrogen (secondary N) is 2. The van der Waals surface area contributed by atoms with Crippen LogP contribution in [0.3, 0.4) is 0 Å². The van der Waals surface area contributed by atoms with Crippen LogP contribution < -0.4 is 10.6 Å². The van der Waals surface area contributed by atoms with E-state index in [-0.39, 0.29) is 17.9 Å². The average molecular weight is 505 g/mol. The zero-order valence-electron chi connectivity index (χ0n) is 21.8. The molecule has 1 unspecified atom stereocenters. The van der Waals surface area contributed by atoms with Gasteiger partial charge in [0.25, 0.3) is 11.8 Å². The molecule has 4 aromatic rings. The lowest BCUT2D eigenvalue weighted by Crippen LogP contribution is -2.34. The topological polar surface area (TPSA) is 71.1 Å². The summed E-state index contributed by atoms with van der Waals surface area (Å²) in [5.41, 5.74) is 5.51. The summed E-state index contributed by atoms with van der Waals surface area (Å²) in [5.74, 6) is -0.159. The number of amides is 2. The summed E-state index contributed by atoms with van der Waals surface area (Å²) in [6.45, 7) is 2.62. The van der Waals surface area contributed by atoms with E-state index in [1.807, 2.05) is 91.9 Å². The maximum atomic E-state index is 12.8. The molecular formula is C33H34N3O2. The van der Waals surface area contributed by atoms with Gasteiger partial charge in [0, 0.05) is 42.0 Å². The standard InChI is InChI=1S/C33H34N3O2/c1-25(22-31-17-5-6-20-34-31)36-33(38)30-16-8-13-28(24-30)19-18-27-12-7-15-29(23-27)32(37)35-21-9-14-26-10-3-2-4-11-26/h2-8,10-13,15-18,20,23-25H,9,14,19,21-22H2,1H3,(H,35,37)(H,36,38). The summed E-state index contributed by atoms with van der Waals surface area (Å²) in [6, 6.07) is 31.3. The molecule has 0 saturated carbocycles. The van der Waals surface area contributed by atoms with Crippen LogP contribution in [0.4, 0.5) is 0 Å². The highest BCUT2D eigenvalue weighted by Crippen LogP contribution is 2.14. The molecule has 5 heteroatoms. The van der Waals surface area contributed by atoms with Crippen molar-refractivity contribution in [2.45, 2.75) is 38.6 Å². The van der Waals surface area contributed by atoms with Crippen molar-refractivity contribution < 1.29 is 9.59 Å². The van der Waals surface area contributed by atoms with Crippen LogP contribution in [0.15, 0.2) is 103 Å². The molecule has 0 aliphatic rings. The highest BCUT2D eigenvalue weighted by molar-refractivity contribution is 5.95. The molecule has 0 bridgehead atoms. The first-order valence-electron chi connectivity index (χ1n) is 13.1. The Kier molecular flexibility index (Phi) is 9.80. The van der Waals surface area contributed by atoms with Crippen LogP contribution in [-0.4, -0.2) is 29.4 Å². The summed E-state index contributed by atoms with van der Waals surface area (Å²) >= 11 is 0. The lowest BCUT2D eigenvalue weighted by atomic mass is 10.0. The molecule has 1 heterocycles. The molecule has 4 rings (SSSR count). The van der Waals surface area contributed by atoms with E-state index in [0.29, 0.717) is 30.5 Å². The molecule has 2 N–H and O–H groups in total. The molecule has 2 amide bonds. The molecule has 1 atom stereocenters. The fourth-order valence-corrected chi connectivity index (χ4v) is 4.31. The second-order valence-electron chi connectivity index (χ2n) is 9.48. The van der Waals surface area contributed by atoms with Crippen molar-refractivity contribution in [1.29, 1.82) is 0 Å². The SMILES string of the molecule is CC(Cc1ccccn1)NC(=O)c1cccc(C[CH]c2cccc(C(=O)NCCCc3ccccc3)c2)c1. The zero-order valence-corrected chi connectivity index (χ0v) is 21.8.